The topological polar surface area (TPSA) is 116 Å². The van der Waals surface area contributed by atoms with Gasteiger partial charge in [0.25, 0.3) is 5.56 Å². The molecular formula is C24H20N6O4. The van der Waals surface area contributed by atoms with E-state index in [2.05, 4.69) is 25.5 Å². The number of ether oxygens (including phenoxy) is 3. The minimum atomic E-state index is -0.230. The van der Waals surface area contributed by atoms with Gasteiger partial charge >= 0.3 is 0 Å². The minimum Gasteiger partial charge on any atom is -0.497 e. The van der Waals surface area contributed by atoms with E-state index in [0.717, 1.165) is 5.75 Å². The molecule has 0 fully saturated rings. The molecule has 0 spiro atoms. The van der Waals surface area contributed by atoms with Crippen molar-refractivity contribution in [2.24, 2.45) is 0 Å². The molecule has 10 heteroatoms. The quantitative estimate of drug-likeness (QED) is 0.415. The van der Waals surface area contributed by atoms with Gasteiger partial charge in [-0.2, -0.15) is 10.1 Å². The van der Waals surface area contributed by atoms with Crippen molar-refractivity contribution in [1.82, 2.24) is 24.7 Å². The fourth-order valence-corrected chi connectivity index (χ4v) is 4.01. The SMILES string of the molecule is COc1ccc(-n2c(=O)c3cn[nH]c3c3cnc(NC[C@H]4COc5ccccc5O4)nc32)cc1. The molecule has 1 aliphatic heterocycles. The van der Waals surface area contributed by atoms with E-state index in [4.69, 9.17) is 14.2 Å². The number of aromatic nitrogens is 5. The number of H-pyrrole nitrogens is 1. The van der Waals surface area contributed by atoms with Crippen LogP contribution >= 0.6 is 0 Å². The molecule has 4 heterocycles. The molecule has 1 atom stereocenters. The molecule has 0 bridgehead atoms. The van der Waals surface area contributed by atoms with Gasteiger partial charge in [0.05, 0.1) is 41.8 Å². The predicted octanol–water partition coefficient (Wildman–Crippen LogP) is 2.92. The molecule has 6 rings (SSSR count). The van der Waals surface area contributed by atoms with Crippen molar-refractivity contribution >= 4 is 27.9 Å². The number of fused-ring (bicyclic) bond motifs is 4. The first kappa shape index (κ1) is 20.0. The van der Waals surface area contributed by atoms with E-state index >= 15 is 0 Å². The Labute approximate surface area is 193 Å². The average molecular weight is 456 g/mol. The third-order valence-corrected chi connectivity index (χ3v) is 5.71. The average Bonchev–Trinajstić information content (AvgIpc) is 3.38. The first-order valence-corrected chi connectivity index (χ1v) is 10.7. The van der Waals surface area contributed by atoms with Gasteiger partial charge in [0.1, 0.15) is 18.5 Å². The Morgan fingerprint density at radius 3 is 2.76 bits per heavy atom. The number of nitrogens with zero attached hydrogens (tertiary/aromatic N) is 4. The molecule has 0 unspecified atom stereocenters. The van der Waals surface area contributed by atoms with Gasteiger partial charge in [0.2, 0.25) is 5.95 Å². The lowest BCUT2D eigenvalue weighted by Crippen LogP contribution is -2.35. The summed E-state index contributed by atoms with van der Waals surface area (Å²) >= 11 is 0. The first-order valence-electron chi connectivity index (χ1n) is 10.7. The van der Waals surface area contributed by atoms with Crippen LogP contribution in [0.3, 0.4) is 0 Å². The largest absolute Gasteiger partial charge is 0.497 e. The van der Waals surface area contributed by atoms with Crippen LogP contribution in [-0.2, 0) is 0 Å². The number of nitrogens with one attached hydrogen (secondary N) is 2. The minimum absolute atomic E-state index is 0.215. The maximum Gasteiger partial charge on any atom is 0.267 e. The molecule has 170 valence electrons. The molecule has 0 aliphatic carbocycles. The molecule has 10 nitrogen and oxygen atoms in total. The number of aromatic amines is 1. The van der Waals surface area contributed by atoms with E-state index in [9.17, 15) is 4.79 Å². The highest BCUT2D eigenvalue weighted by Crippen LogP contribution is 2.31. The highest BCUT2D eigenvalue weighted by Gasteiger charge is 2.21. The number of hydrogen-bond acceptors (Lipinski definition) is 8. The third kappa shape index (κ3) is 3.36. The Morgan fingerprint density at radius 1 is 1.12 bits per heavy atom. The fraction of sp³-hybridized carbons (Fsp3) is 0.167. The van der Waals surface area contributed by atoms with Crippen molar-refractivity contribution in [3.8, 4) is 22.9 Å². The maximum atomic E-state index is 13.3. The van der Waals surface area contributed by atoms with Crippen molar-refractivity contribution in [2.75, 3.05) is 25.6 Å². The van der Waals surface area contributed by atoms with Gasteiger partial charge in [0, 0.05) is 6.20 Å². The van der Waals surface area contributed by atoms with Crippen LogP contribution in [0.2, 0.25) is 0 Å². The van der Waals surface area contributed by atoms with Crippen molar-refractivity contribution < 1.29 is 14.2 Å². The van der Waals surface area contributed by atoms with Gasteiger partial charge in [-0.3, -0.25) is 14.5 Å². The maximum absolute atomic E-state index is 13.3. The van der Waals surface area contributed by atoms with E-state index in [0.29, 0.717) is 58.2 Å². The smallest absolute Gasteiger partial charge is 0.267 e. The number of para-hydroxylation sites is 2. The third-order valence-electron chi connectivity index (χ3n) is 5.71. The van der Waals surface area contributed by atoms with Crippen LogP contribution in [0.25, 0.3) is 27.6 Å². The van der Waals surface area contributed by atoms with E-state index in [-0.39, 0.29) is 11.7 Å². The molecule has 0 amide bonds. The van der Waals surface area contributed by atoms with Gasteiger partial charge in [-0.05, 0) is 36.4 Å². The second-order valence-electron chi connectivity index (χ2n) is 7.81. The van der Waals surface area contributed by atoms with Crippen LogP contribution in [0.1, 0.15) is 0 Å². The first-order chi connectivity index (χ1) is 16.7. The summed E-state index contributed by atoms with van der Waals surface area (Å²) in [5.74, 6) is 2.50. The van der Waals surface area contributed by atoms with Crippen LogP contribution < -0.4 is 25.1 Å². The zero-order chi connectivity index (χ0) is 23.1. The van der Waals surface area contributed by atoms with E-state index in [1.54, 1.807) is 30.0 Å². The van der Waals surface area contributed by atoms with Gasteiger partial charge in [-0.25, -0.2) is 4.98 Å². The number of methoxy groups -OCH3 is 1. The molecule has 0 saturated heterocycles. The lowest BCUT2D eigenvalue weighted by Gasteiger charge is -2.26. The molecule has 3 aromatic heterocycles. The summed E-state index contributed by atoms with van der Waals surface area (Å²) < 4.78 is 18.6. The second-order valence-corrected chi connectivity index (χ2v) is 7.81. The highest BCUT2D eigenvalue weighted by atomic mass is 16.6. The molecule has 1 aliphatic rings. The summed E-state index contributed by atoms with van der Waals surface area (Å²) in [4.78, 5) is 22.5. The number of pyridine rings is 1. The molecule has 0 saturated carbocycles. The summed E-state index contributed by atoms with van der Waals surface area (Å²) in [6.45, 7) is 0.835. The molecular weight excluding hydrogens is 436 g/mol. The lowest BCUT2D eigenvalue weighted by molar-refractivity contribution is 0.0996. The molecule has 5 aromatic rings. The Bertz CT molecular complexity index is 1560. The normalized spacial score (nSPS) is 14.9. The van der Waals surface area contributed by atoms with E-state index < -0.39 is 0 Å². The van der Waals surface area contributed by atoms with Gasteiger partial charge in [-0.15, -0.1) is 0 Å². The van der Waals surface area contributed by atoms with Crippen LogP contribution in [0.15, 0.2) is 65.7 Å². The van der Waals surface area contributed by atoms with Crippen LogP contribution in [0, 0.1) is 0 Å². The standard InChI is InChI=1S/C24H20N6O4/c1-32-15-8-6-14(7-9-15)30-22-17(21-18(23(30)31)12-27-29-21)11-26-24(28-22)25-10-16-13-33-19-4-2-3-5-20(19)34-16/h2-9,11-12,16H,10,13H2,1H3,(H,27,29)(H,25,26,28)/t16-/m0/s1. The van der Waals surface area contributed by atoms with Crippen LogP contribution in [0.4, 0.5) is 5.95 Å². The van der Waals surface area contributed by atoms with Crippen molar-refractivity contribution in [1.29, 1.82) is 0 Å². The lowest BCUT2D eigenvalue weighted by atomic mass is 10.2. The van der Waals surface area contributed by atoms with Crippen molar-refractivity contribution in [2.45, 2.75) is 6.10 Å². The van der Waals surface area contributed by atoms with Crippen molar-refractivity contribution in [3.05, 3.63) is 71.3 Å². The summed E-state index contributed by atoms with van der Waals surface area (Å²) in [6.07, 6.45) is 2.98. The van der Waals surface area contributed by atoms with Gasteiger partial charge in [-0.1, -0.05) is 12.1 Å². The fourth-order valence-electron chi connectivity index (χ4n) is 4.01. The second kappa shape index (κ2) is 8.07. The van der Waals surface area contributed by atoms with Crippen LogP contribution in [-0.4, -0.2) is 51.1 Å². The molecule has 0 radical (unpaired) electrons. The zero-order valence-electron chi connectivity index (χ0n) is 18.2. The monoisotopic (exact) mass is 456 g/mol. The van der Waals surface area contributed by atoms with E-state index in [1.165, 1.54) is 6.20 Å². The number of hydrogen-bond donors (Lipinski definition) is 2. The molecule has 2 N–H and O–H groups in total. The molecule has 34 heavy (non-hydrogen) atoms. The number of benzene rings is 2. The van der Waals surface area contributed by atoms with Gasteiger partial charge < -0.3 is 19.5 Å². The Kier molecular flexibility index (Phi) is 4.76. The Morgan fingerprint density at radius 2 is 1.94 bits per heavy atom. The summed E-state index contributed by atoms with van der Waals surface area (Å²) in [5, 5.41) is 11.3. The Hall–Kier alpha value is -4.60. The van der Waals surface area contributed by atoms with Crippen molar-refractivity contribution in [3.63, 3.8) is 0 Å². The van der Waals surface area contributed by atoms with Crippen LogP contribution in [0.5, 0.6) is 17.2 Å². The summed E-state index contributed by atoms with van der Waals surface area (Å²) in [6, 6.07) is 14.8. The predicted molar refractivity (Wildman–Crippen MR) is 126 cm³/mol. The van der Waals surface area contributed by atoms with Gasteiger partial charge in [0.15, 0.2) is 17.1 Å². The van der Waals surface area contributed by atoms with E-state index in [1.807, 2.05) is 36.4 Å². The zero-order valence-corrected chi connectivity index (χ0v) is 18.2. The summed E-state index contributed by atoms with van der Waals surface area (Å²) in [7, 11) is 1.60. The molecule has 2 aromatic carbocycles. The number of rotatable bonds is 5. The number of anilines is 1. The summed E-state index contributed by atoms with van der Waals surface area (Å²) in [5.41, 5.74) is 1.48. The Balaban J connectivity index is 1.37. The highest BCUT2D eigenvalue weighted by molar-refractivity contribution is 6.02.